The summed E-state index contributed by atoms with van der Waals surface area (Å²) in [5.74, 6) is 0.210. The van der Waals surface area contributed by atoms with Gasteiger partial charge in [0, 0.05) is 23.7 Å². The number of rotatable bonds is 3. The van der Waals surface area contributed by atoms with Crippen molar-refractivity contribution in [3.63, 3.8) is 0 Å². The van der Waals surface area contributed by atoms with Crippen LogP contribution in [-0.4, -0.2) is 29.6 Å². The van der Waals surface area contributed by atoms with Crippen LogP contribution in [-0.2, 0) is 11.0 Å². The van der Waals surface area contributed by atoms with Crippen LogP contribution in [0.1, 0.15) is 18.4 Å². The van der Waals surface area contributed by atoms with Crippen LogP contribution in [0.3, 0.4) is 0 Å². The Morgan fingerprint density at radius 3 is 2.50 bits per heavy atom. The average Bonchev–Trinajstić information content (AvgIpc) is 2.89. The van der Waals surface area contributed by atoms with Gasteiger partial charge in [0.25, 0.3) is 0 Å². The number of halogens is 3. The number of anilines is 1. The molecule has 0 spiro atoms. The van der Waals surface area contributed by atoms with Crippen LogP contribution in [0.25, 0.3) is 0 Å². The Balaban J connectivity index is 1.98. The first-order chi connectivity index (χ1) is 9.38. The molecule has 1 aromatic rings. The summed E-state index contributed by atoms with van der Waals surface area (Å²) >= 11 is 1.18. The first-order valence-electron chi connectivity index (χ1n) is 6.25. The first kappa shape index (κ1) is 15.0. The van der Waals surface area contributed by atoms with Gasteiger partial charge < -0.3 is 10.6 Å². The van der Waals surface area contributed by atoms with Crippen LogP contribution >= 0.6 is 11.8 Å². The van der Waals surface area contributed by atoms with Crippen molar-refractivity contribution in [3.05, 3.63) is 23.8 Å². The van der Waals surface area contributed by atoms with Crippen molar-refractivity contribution in [1.29, 1.82) is 0 Å². The Kier molecular flexibility index (Phi) is 4.47. The molecule has 1 aliphatic heterocycles. The molecular weight excluding hydrogens is 289 g/mol. The molecule has 1 amide bonds. The number of amides is 1. The zero-order valence-corrected chi connectivity index (χ0v) is 11.6. The van der Waals surface area contributed by atoms with E-state index in [0.29, 0.717) is 4.90 Å². The van der Waals surface area contributed by atoms with E-state index in [9.17, 15) is 18.0 Å². The zero-order chi connectivity index (χ0) is 14.8. The van der Waals surface area contributed by atoms with Crippen molar-refractivity contribution in [2.45, 2.75) is 23.9 Å². The van der Waals surface area contributed by atoms with E-state index in [1.54, 1.807) is 4.90 Å². The Morgan fingerprint density at radius 1 is 1.30 bits per heavy atom. The van der Waals surface area contributed by atoms with Crippen molar-refractivity contribution in [3.8, 4) is 0 Å². The molecule has 1 aliphatic rings. The second-order valence-corrected chi connectivity index (χ2v) is 5.64. The van der Waals surface area contributed by atoms with Crippen LogP contribution < -0.4 is 5.73 Å². The number of hydrogen-bond donors (Lipinski definition) is 1. The van der Waals surface area contributed by atoms with Gasteiger partial charge in [0.05, 0.1) is 11.3 Å². The summed E-state index contributed by atoms with van der Waals surface area (Å²) in [7, 11) is 0. The Morgan fingerprint density at radius 2 is 1.95 bits per heavy atom. The van der Waals surface area contributed by atoms with Gasteiger partial charge in [0.2, 0.25) is 5.91 Å². The van der Waals surface area contributed by atoms with Crippen LogP contribution in [0.5, 0.6) is 0 Å². The average molecular weight is 304 g/mol. The number of nitrogens with zero attached hydrogens (tertiary/aromatic N) is 1. The maximum Gasteiger partial charge on any atom is 0.416 e. The minimum atomic E-state index is -4.40. The van der Waals surface area contributed by atoms with E-state index in [2.05, 4.69) is 0 Å². The fraction of sp³-hybridized carbons (Fsp3) is 0.462. The van der Waals surface area contributed by atoms with E-state index in [-0.39, 0.29) is 17.3 Å². The maximum absolute atomic E-state index is 12.5. The predicted octanol–water partition coefficient (Wildman–Crippen LogP) is 3.00. The number of nitrogens with two attached hydrogens (primary N) is 1. The second-order valence-electron chi connectivity index (χ2n) is 4.63. The molecule has 0 radical (unpaired) electrons. The Labute approximate surface area is 119 Å². The van der Waals surface area contributed by atoms with E-state index in [1.807, 2.05) is 0 Å². The summed E-state index contributed by atoms with van der Waals surface area (Å²) in [5.41, 5.74) is 4.89. The van der Waals surface area contributed by atoms with Crippen LogP contribution in [0.15, 0.2) is 23.1 Å². The highest BCUT2D eigenvalue weighted by Crippen LogP contribution is 2.34. The van der Waals surface area contributed by atoms with Crippen LogP contribution in [0, 0.1) is 0 Å². The fourth-order valence-corrected chi connectivity index (χ4v) is 2.90. The normalized spacial score (nSPS) is 15.7. The quantitative estimate of drug-likeness (QED) is 0.690. The lowest BCUT2D eigenvalue weighted by Crippen LogP contribution is -2.29. The van der Waals surface area contributed by atoms with Crippen molar-refractivity contribution < 1.29 is 18.0 Å². The van der Waals surface area contributed by atoms with E-state index < -0.39 is 11.7 Å². The number of benzene rings is 1. The van der Waals surface area contributed by atoms with Crippen molar-refractivity contribution in [2.24, 2.45) is 0 Å². The monoisotopic (exact) mass is 304 g/mol. The maximum atomic E-state index is 12.5. The van der Waals surface area contributed by atoms with Crippen molar-refractivity contribution in [2.75, 3.05) is 24.6 Å². The second kappa shape index (κ2) is 5.95. The molecule has 7 heteroatoms. The summed E-state index contributed by atoms with van der Waals surface area (Å²) in [6, 6.07) is 3.21. The molecular formula is C13H15F3N2OS. The van der Waals surface area contributed by atoms with Gasteiger partial charge in [-0.3, -0.25) is 4.79 Å². The third kappa shape index (κ3) is 3.59. The summed E-state index contributed by atoms with van der Waals surface area (Å²) < 4.78 is 37.5. The first-order valence-corrected chi connectivity index (χ1v) is 7.24. The highest BCUT2D eigenvalue weighted by atomic mass is 32.2. The number of carbonyl (C=O) groups is 1. The third-order valence-electron chi connectivity index (χ3n) is 3.15. The number of nitrogen functional groups attached to an aromatic ring is 1. The molecule has 0 atom stereocenters. The minimum Gasteiger partial charge on any atom is -0.398 e. The van der Waals surface area contributed by atoms with Gasteiger partial charge in [-0.05, 0) is 31.0 Å². The summed E-state index contributed by atoms with van der Waals surface area (Å²) in [5, 5.41) is 0. The summed E-state index contributed by atoms with van der Waals surface area (Å²) in [6.07, 6.45) is -2.37. The van der Waals surface area contributed by atoms with Crippen molar-refractivity contribution in [1.82, 2.24) is 4.90 Å². The Hall–Kier alpha value is -1.37. The topological polar surface area (TPSA) is 46.3 Å². The number of carbonyl (C=O) groups excluding carboxylic acids is 1. The molecule has 0 saturated carbocycles. The van der Waals surface area contributed by atoms with Gasteiger partial charge >= 0.3 is 6.18 Å². The number of hydrogen-bond acceptors (Lipinski definition) is 3. The molecule has 1 aromatic carbocycles. The van der Waals surface area contributed by atoms with E-state index >= 15 is 0 Å². The highest BCUT2D eigenvalue weighted by Gasteiger charge is 2.30. The van der Waals surface area contributed by atoms with E-state index in [1.165, 1.54) is 17.8 Å². The SMILES string of the molecule is Nc1cc(C(F)(F)F)ccc1SCC(=O)N1CCCC1. The van der Waals surface area contributed by atoms with E-state index in [0.717, 1.165) is 38.1 Å². The third-order valence-corrected chi connectivity index (χ3v) is 4.22. The van der Waals surface area contributed by atoms with Gasteiger partial charge in [-0.1, -0.05) is 0 Å². The van der Waals surface area contributed by atoms with Gasteiger partial charge in [0.1, 0.15) is 0 Å². The molecule has 2 rings (SSSR count). The lowest BCUT2D eigenvalue weighted by Gasteiger charge is -2.15. The van der Waals surface area contributed by atoms with Crippen LogP contribution in [0.2, 0.25) is 0 Å². The molecule has 1 saturated heterocycles. The largest absolute Gasteiger partial charge is 0.416 e. The molecule has 0 aliphatic carbocycles. The van der Waals surface area contributed by atoms with Crippen LogP contribution in [0.4, 0.5) is 18.9 Å². The number of thioether (sulfide) groups is 1. The highest BCUT2D eigenvalue weighted by molar-refractivity contribution is 8.00. The predicted molar refractivity (Wildman–Crippen MR) is 72.4 cm³/mol. The zero-order valence-electron chi connectivity index (χ0n) is 10.7. The molecule has 110 valence electrons. The number of likely N-dealkylation sites (tertiary alicyclic amines) is 1. The lowest BCUT2D eigenvalue weighted by atomic mass is 10.2. The summed E-state index contributed by atoms with van der Waals surface area (Å²) in [6.45, 7) is 1.53. The summed E-state index contributed by atoms with van der Waals surface area (Å²) in [4.78, 5) is 14.1. The molecule has 0 unspecified atom stereocenters. The standard InChI is InChI=1S/C13H15F3N2OS/c14-13(15,16)9-3-4-11(10(17)7-9)20-8-12(19)18-5-1-2-6-18/h3-4,7H,1-2,5-6,8,17H2. The molecule has 1 heterocycles. The minimum absolute atomic E-state index is 0.00629. The Bertz CT molecular complexity index is 499. The van der Waals surface area contributed by atoms with Gasteiger partial charge in [-0.25, -0.2) is 0 Å². The van der Waals surface area contributed by atoms with Crippen molar-refractivity contribution >= 4 is 23.4 Å². The smallest absolute Gasteiger partial charge is 0.398 e. The van der Waals surface area contributed by atoms with Gasteiger partial charge in [-0.2, -0.15) is 13.2 Å². The van der Waals surface area contributed by atoms with E-state index in [4.69, 9.17) is 5.73 Å². The molecule has 2 N–H and O–H groups in total. The van der Waals surface area contributed by atoms with Gasteiger partial charge in [-0.15, -0.1) is 11.8 Å². The molecule has 20 heavy (non-hydrogen) atoms. The van der Waals surface area contributed by atoms with Gasteiger partial charge in [0.15, 0.2) is 0 Å². The molecule has 0 aromatic heterocycles. The molecule has 0 bridgehead atoms. The molecule has 3 nitrogen and oxygen atoms in total. The number of alkyl halides is 3. The fourth-order valence-electron chi connectivity index (χ4n) is 2.05. The lowest BCUT2D eigenvalue weighted by molar-refractivity contribution is -0.137. The molecule has 1 fully saturated rings.